The van der Waals surface area contributed by atoms with Crippen molar-refractivity contribution in [1.29, 1.82) is 0 Å². The van der Waals surface area contributed by atoms with Gasteiger partial charge in [0.25, 0.3) is 0 Å². The molecular weight excluding hydrogens is 316 g/mol. The average Bonchev–Trinajstić information content (AvgIpc) is 2.97. The van der Waals surface area contributed by atoms with E-state index in [-0.39, 0.29) is 29.0 Å². The summed E-state index contributed by atoms with van der Waals surface area (Å²) in [5.74, 6) is 0.101. The molecule has 1 heterocycles. The van der Waals surface area contributed by atoms with E-state index in [0.717, 1.165) is 0 Å². The van der Waals surface area contributed by atoms with Crippen LogP contribution in [0.1, 0.15) is 31.6 Å². The van der Waals surface area contributed by atoms with Crippen LogP contribution in [0.4, 0.5) is 0 Å². The van der Waals surface area contributed by atoms with E-state index in [0.29, 0.717) is 12.2 Å². The molecule has 124 valence electrons. The molecule has 2 aromatic rings. The largest absolute Gasteiger partial charge is 0.346 e. The minimum absolute atomic E-state index is 0.0917. The lowest BCUT2D eigenvalue weighted by molar-refractivity contribution is -0.121. The zero-order valence-electron chi connectivity index (χ0n) is 13.1. The number of sulfone groups is 1. The molecule has 23 heavy (non-hydrogen) atoms. The summed E-state index contributed by atoms with van der Waals surface area (Å²) in [5.41, 5.74) is 0. The van der Waals surface area contributed by atoms with Crippen LogP contribution >= 0.6 is 0 Å². The van der Waals surface area contributed by atoms with Gasteiger partial charge in [0.15, 0.2) is 9.84 Å². The second-order valence-electron chi connectivity index (χ2n) is 5.15. The van der Waals surface area contributed by atoms with Crippen LogP contribution in [-0.2, 0) is 21.7 Å². The Labute approximate surface area is 135 Å². The number of amides is 1. The van der Waals surface area contributed by atoms with Gasteiger partial charge in [-0.15, -0.1) is 0 Å². The third kappa shape index (κ3) is 4.38. The predicted molar refractivity (Wildman–Crippen MR) is 85.3 cm³/mol. The number of rotatable bonds is 7. The molecule has 2 rings (SSSR count). The van der Waals surface area contributed by atoms with Crippen LogP contribution in [0.2, 0.25) is 0 Å². The summed E-state index contributed by atoms with van der Waals surface area (Å²) in [4.78, 5) is 16.4. The van der Waals surface area contributed by atoms with Crippen molar-refractivity contribution in [3.63, 3.8) is 0 Å². The van der Waals surface area contributed by atoms with Crippen LogP contribution in [0.15, 0.2) is 41.6 Å². The lowest BCUT2D eigenvalue weighted by Crippen LogP contribution is -2.31. The van der Waals surface area contributed by atoms with Gasteiger partial charge in [-0.3, -0.25) is 9.48 Å². The maximum absolute atomic E-state index is 12.2. The van der Waals surface area contributed by atoms with E-state index in [1.54, 1.807) is 29.9 Å². The molecule has 0 fully saturated rings. The van der Waals surface area contributed by atoms with E-state index in [2.05, 4.69) is 15.4 Å². The Hall–Kier alpha value is -2.22. The van der Waals surface area contributed by atoms with Crippen molar-refractivity contribution in [2.75, 3.05) is 5.75 Å². The molecule has 1 atom stereocenters. The number of carbonyl (C=O) groups excluding carboxylic acids is 1. The molecule has 7 nitrogen and oxygen atoms in total. The van der Waals surface area contributed by atoms with Gasteiger partial charge in [-0.2, -0.15) is 5.10 Å². The summed E-state index contributed by atoms with van der Waals surface area (Å²) in [6, 6.07) is 7.85. The summed E-state index contributed by atoms with van der Waals surface area (Å²) in [7, 11) is -1.71. The van der Waals surface area contributed by atoms with Crippen LogP contribution in [0, 0.1) is 0 Å². The Balaban J connectivity index is 1.96. The van der Waals surface area contributed by atoms with Crippen LogP contribution in [0.5, 0.6) is 0 Å². The van der Waals surface area contributed by atoms with Gasteiger partial charge < -0.3 is 5.32 Å². The maximum atomic E-state index is 12.2. The molecule has 1 aromatic heterocycles. The highest BCUT2D eigenvalue weighted by Crippen LogP contribution is 2.14. The fourth-order valence-electron chi connectivity index (χ4n) is 2.21. The number of benzene rings is 1. The van der Waals surface area contributed by atoms with Gasteiger partial charge in [-0.25, -0.2) is 13.4 Å². The minimum atomic E-state index is -3.45. The quantitative estimate of drug-likeness (QED) is 0.821. The van der Waals surface area contributed by atoms with Gasteiger partial charge in [0.2, 0.25) is 5.91 Å². The first kappa shape index (κ1) is 17.1. The Morgan fingerprint density at radius 2 is 2.00 bits per heavy atom. The zero-order valence-corrected chi connectivity index (χ0v) is 14.0. The Morgan fingerprint density at radius 1 is 1.30 bits per heavy atom. The molecule has 1 amide bonds. The van der Waals surface area contributed by atoms with Crippen LogP contribution in [0.25, 0.3) is 0 Å². The molecule has 1 N–H and O–H groups in total. The van der Waals surface area contributed by atoms with E-state index in [9.17, 15) is 13.2 Å². The summed E-state index contributed by atoms with van der Waals surface area (Å²) >= 11 is 0. The fraction of sp³-hybridized carbons (Fsp3) is 0.400. The lowest BCUT2D eigenvalue weighted by atomic mass is 10.2. The molecule has 0 unspecified atom stereocenters. The standard InChI is InChI=1S/C15H20N4O3S/c1-3-13(15-16-11-17-19(15)2)18-14(20)9-10-23(21,22)12-7-5-4-6-8-12/h4-8,11,13H,3,9-10H2,1-2H3,(H,18,20)/t13-/m0/s1. The molecule has 1 aromatic carbocycles. The van der Waals surface area contributed by atoms with Gasteiger partial charge in [0.1, 0.15) is 12.2 Å². The molecule has 0 saturated heterocycles. The molecule has 0 aliphatic carbocycles. The van der Waals surface area contributed by atoms with Gasteiger partial charge >= 0.3 is 0 Å². The van der Waals surface area contributed by atoms with Gasteiger partial charge in [0.05, 0.1) is 16.7 Å². The smallest absolute Gasteiger partial charge is 0.221 e. The Kier molecular flexibility index (Phi) is 5.49. The van der Waals surface area contributed by atoms with Crippen molar-refractivity contribution in [3.8, 4) is 0 Å². The summed E-state index contributed by atoms with van der Waals surface area (Å²) < 4.78 is 25.9. The van der Waals surface area contributed by atoms with Gasteiger partial charge in [-0.1, -0.05) is 25.1 Å². The van der Waals surface area contributed by atoms with Crippen LogP contribution < -0.4 is 5.32 Å². The van der Waals surface area contributed by atoms with Crippen LogP contribution in [-0.4, -0.2) is 34.8 Å². The number of nitrogens with zero attached hydrogens (tertiary/aromatic N) is 3. The van der Waals surface area contributed by atoms with Crippen molar-refractivity contribution in [3.05, 3.63) is 42.5 Å². The summed E-state index contributed by atoms with van der Waals surface area (Å²) in [6.45, 7) is 1.92. The van der Waals surface area contributed by atoms with E-state index >= 15 is 0 Å². The van der Waals surface area contributed by atoms with Crippen molar-refractivity contribution in [2.45, 2.75) is 30.7 Å². The van der Waals surface area contributed by atoms with Crippen LogP contribution in [0.3, 0.4) is 0 Å². The molecule has 0 spiro atoms. The number of aryl methyl sites for hydroxylation is 1. The average molecular weight is 336 g/mol. The highest BCUT2D eigenvalue weighted by Gasteiger charge is 2.20. The Morgan fingerprint density at radius 3 is 2.57 bits per heavy atom. The Bertz CT molecular complexity index is 756. The monoisotopic (exact) mass is 336 g/mol. The normalized spacial score (nSPS) is 12.8. The fourth-order valence-corrected chi connectivity index (χ4v) is 3.47. The molecular formula is C15H20N4O3S. The zero-order chi connectivity index (χ0) is 16.9. The SMILES string of the molecule is CC[C@H](NC(=O)CCS(=O)(=O)c1ccccc1)c1ncnn1C. The van der Waals surface area contributed by atoms with Crippen molar-refractivity contribution >= 4 is 15.7 Å². The number of hydrogen-bond acceptors (Lipinski definition) is 5. The van der Waals surface area contributed by atoms with Crippen molar-refractivity contribution in [1.82, 2.24) is 20.1 Å². The lowest BCUT2D eigenvalue weighted by Gasteiger charge is -2.16. The maximum Gasteiger partial charge on any atom is 0.221 e. The minimum Gasteiger partial charge on any atom is -0.346 e. The first-order chi connectivity index (χ1) is 10.9. The molecule has 0 aliphatic heterocycles. The first-order valence-electron chi connectivity index (χ1n) is 7.35. The van der Waals surface area contributed by atoms with E-state index < -0.39 is 9.84 Å². The van der Waals surface area contributed by atoms with Gasteiger partial charge in [-0.05, 0) is 18.6 Å². The number of nitrogens with one attached hydrogen (secondary N) is 1. The van der Waals surface area contributed by atoms with E-state index in [4.69, 9.17) is 0 Å². The third-order valence-electron chi connectivity index (χ3n) is 3.50. The predicted octanol–water partition coefficient (Wildman–Crippen LogP) is 1.25. The van der Waals surface area contributed by atoms with Crippen molar-refractivity contribution < 1.29 is 13.2 Å². The topological polar surface area (TPSA) is 93.9 Å². The summed E-state index contributed by atoms with van der Waals surface area (Å²) in [5, 5.41) is 6.78. The highest BCUT2D eigenvalue weighted by molar-refractivity contribution is 7.91. The highest BCUT2D eigenvalue weighted by atomic mass is 32.2. The molecule has 8 heteroatoms. The number of aromatic nitrogens is 3. The van der Waals surface area contributed by atoms with Gasteiger partial charge in [0, 0.05) is 13.5 Å². The molecule has 0 aliphatic rings. The molecule has 0 radical (unpaired) electrons. The second kappa shape index (κ2) is 7.36. The number of carbonyl (C=O) groups is 1. The van der Waals surface area contributed by atoms with E-state index in [1.807, 2.05) is 6.92 Å². The second-order valence-corrected chi connectivity index (χ2v) is 7.26. The summed E-state index contributed by atoms with van der Waals surface area (Å²) in [6.07, 6.45) is 1.97. The van der Waals surface area contributed by atoms with E-state index in [1.165, 1.54) is 18.5 Å². The molecule has 0 bridgehead atoms. The number of hydrogen-bond donors (Lipinski definition) is 1. The first-order valence-corrected chi connectivity index (χ1v) is 9.00. The molecule has 0 saturated carbocycles. The van der Waals surface area contributed by atoms with Crippen molar-refractivity contribution in [2.24, 2.45) is 7.05 Å². The third-order valence-corrected chi connectivity index (χ3v) is 5.23.